The van der Waals surface area contributed by atoms with Crippen molar-refractivity contribution in [2.24, 2.45) is 11.8 Å². The van der Waals surface area contributed by atoms with Gasteiger partial charge < -0.3 is 10.1 Å². The van der Waals surface area contributed by atoms with E-state index in [2.05, 4.69) is 11.4 Å². The van der Waals surface area contributed by atoms with E-state index in [-0.39, 0.29) is 36.5 Å². The summed E-state index contributed by atoms with van der Waals surface area (Å²) in [6, 6.07) is 18.5. The SMILES string of the molecule is CC12CC[C@@](CC(=O)NCc3ccc(F)cc3)(O1)[C@H]1C(=O)N(c3ccc(C#N)c4ccccc34)C(=O)[C@H]12. The molecule has 1 N–H and O–H groups in total. The Morgan fingerprint density at radius 3 is 2.49 bits per heavy atom. The third kappa shape index (κ3) is 3.45. The molecule has 3 aliphatic rings. The lowest BCUT2D eigenvalue weighted by atomic mass is 9.67. The van der Waals surface area contributed by atoms with Crippen LogP contribution in [0.2, 0.25) is 0 Å². The van der Waals surface area contributed by atoms with E-state index in [0.29, 0.717) is 34.9 Å². The number of halogens is 1. The molecule has 3 saturated heterocycles. The Morgan fingerprint density at radius 1 is 1.05 bits per heavy atom. The van der Waals surface area contributed by atoms with Crippen LogP contribution >= 0.6 is 0 Å². The van der Waals surface area contributed by atoms with Gasteiger partial charge in [0.15, 0.2) is 0 Å². The smallest absolute Gasteiger partial charge is 0.240 e. The van der Waals surface area contributed by atoms with Crippen molar-refractivity contribution in [3.05, 3.63) is 77.6 Å². The predicted molar refractivity (Wildman–Crippen MR) is 132 cm³/mol. The summed E-state index contributed by atoms with van der Waals surface area (Å²) in [5, 5.41) is 13.7. The summed E-state index contributed by atoms with van der Waals surface area (Å²) in [6.45, 7) is 2.07. The Morgan fingerprint density at radius 2 is 1.76 bits per heavy atom. The van der Waals surface area contributed by atoms with Crippen LogP contribution in [0.1, 0.15) is 37.3 Å². The van der Waals surface area contributed by atoms with Crippen LogP contribution in [0, 0.1) is 29.0 Å². The second-order valence-corrected chi connectivity index (χ2v) is 10.3. The van der Waals surface area contributed by atoms with Gasteiger partial charge in [-0.3, -0.25) is 14.4 Å². The van der Waals surface area contributed by atoms with Crippen LogP contribution in [0.25, 0.3) is 10.8 Å². The van der Waals surface area contributed by atoms with Crippen LogP contribution in [0.4, 0.5) is 10.1 Å². The van der Waals surface area contributed by atoms with Crippen molar-refractivity contribution in [3.8, 4) is 6.07 Å². The van der Waals surface area contributed by atoms with Gasteiger partial charge in [0.1, 0.15) is 5.82 Å². The zero-order valence-electron chi connectivity index (χ0n) is 20.2. The van der Waals surface area contributed by atoms with E-state index >= 15 is 0 Å². The monoisotopic (exact) mass is 497 g/mol. The van der Waals surface area contributed by atoms with Gasteiger partial charge >= 0.3 is 0 Å². The number of ether oxygens (including phenoxy) is 1. The number of hydrogen-bond acceptors (Lipinski definition) is 5. The maximum absolute atomic E-state index is 13.9. The minimum Gasteiger partial charge on any atom is -0.367 e. The van der Waals surface area contributed by atoms with E-state index in [1.807, 2.05) is 13.0 Å². The fourth-order valence-corrected chi connectivity index (χ4v) is 6.46. The molecule has 1 unspecified atom stereocenters. The van der Waals surface area contributed by atoms with Crippen LogP contribution in [-0.4, -0.2) is 28.9 Å². The van der Waals surface area contributed by atoms with Gasteiger partial charge in [0, 0.05) is 17.3 Å². The summed E-state index contributed by atoms with van der Waals surface area (Å²) in [6.07, 6.45) is 1.02. The molecule has 3 fully saturated rings. The number of nitrogens with one attached hydrogen (secondary N) is 1. The molecule has 0 spiro atoms. The number of nitriles is 1. The van der Waals surface area contributed by atoms with Gasteiger partial charge in [0.25, 0.3) is 0 Å². The van der Waals surface area contributed by atoms with Gasteiger partial charge in [-0.15, -0.1) is 0 Å². The first-order valence-corrected chi connectivity index (χ1v) is 12.3. The maximum atomic E-state index is 13.9. The van der Waals surface area contributed by atoms with Crippen molar-refractivity contribution in [1.82, 2.24) is 5.32 Å². The van der Waals surface area contributed by atoms with Crippen molar-refractivity contribution in [2.45, 2.75) is 43.9 Å². The Balaban J connectivity index is 1.31. The van der Waals surface area contributed by atoms with Crippen LogP contribution < -0.4 is 10.2 Å². The average molecular weight is 498 g/mol. The zero-order chi connectivity index (χ0) is 25.9. The highest BCUT2D eigenvalue weighted by Crippen LogP contribution is 2.62. The molecule has 186 valence electrons. The standard InChI is InChI=1S/C29H24FN3O4/c1-28-12-13-29(37-28,14-23(34)32-16-17-6-9-19(30)10-7-17)25-24(28)26(35)33(27(25)36)22-11-8-18(15-31)20-4-2-3-5-21(20)22/h2-11,24-25H,12-14,16H2,1H3,(H,32,34)/t24-,25+,28?,29-/m0/s1. The number of anilines is 1. The van der Waals surface area contributed by atoms with Crippen molar-refractivity contribution in [3.63, 3.8) is 0 Å². The third-order valence-electron chi connectivity index (χ3n) is 8.14. The first-order valence-electron chi connectivity index (χ1n) is 12.3. The summed E-state index contributed by atoms with van der Waals surface area (Å²) in [5.74, 6) is -2.82. The highest BCUT2D eigenvalue weighted by molar-refractivity contribution is 6.26. The number of carbonyl (C=O) groups is 3. The molecular weight excluding hydrogens is 473 g/mol. The first-order chi connectivity index (χ1) is 17.8. The van der Waals surface area contributed by atoms with Gasteiger partial charge in [-0.2, -0.15) is 5.26 Å². The van der Waals surface area contributed by atoms with Crippen molar-refractivity contribution >= 4 is 34.2 Å². The number of carbonyl (C=O) groups excluding carboxylic acids is 3. The van der Waals surface area contributed by atoms with E-state index in [1.165, 1.54) is 17.0 Å². The van der Waals surface area contributed by atoms with Crippen molar-refractivity contribution in [2.75, 3.05) is 4.90 Å². The van der Waals surface area contributed by atoms with Gasteiger partial charge in [-0.1, -0.05) is 36.4 Å². The van der Waals surface area contributed by atoms with E-state index in [9.17, 15) is 24.0 Å². The molecule has 3 amide bonds. The number of fused-ring (bicyclic) bond motifs is 6. The lowest BCUT2D eigenvalue weighted by Crippen LogP contribution is -2.45. The molecule has 0 radical (unpaired) electrons. The minimum absolute atomic E-state index is 0.0497. The largest absolute Gasteiger partial charge is 0.367 e. The molecule has 3 heterocycles. The Labute approximate surface area is 212 Å². The molecule has 3 aromatic carbocycles. The van der Waals surface area contributed by atoms with Crippen LogP contribution in [0.5, 0.6) is 0 Å². The number of benzene rings is 3. The molecule has 7 nitrogen and oxygen atoms in total. The lowest BCUT2D eigenvalue weighted by molar-refractivity contribution is -0.135. The summed E-state index contributed by atoms with van der Waals surface area (Å²) >= 11 is 0. The highest BCUT2D eigenvalue weighted by atomic mass is 19.1. The van der Waals surface area contributed by atoms with Crippen LogP contribution in [0.15, 0.2) is 60.7 Å². The lowest BCUT2D eigenvalue weighted by Gasteiger charge is -2.30. The molecule has 0 aliphatic carbocycles. The normalized spacial score (nSPS) is 28.0. The van der Waals surface area contributed by atoms with Crippen LogP contribution in [-0.2, 0) is 25.7 Å². The molecule has 6 rings (SSSR count). The van der Waals surface area contributed by atoms with Gasteiger partial charge in [-0.05, 0) is 49.6 Å². The second-order valence-electron chi connectivity index (χ2n) is 10.3. The summed E-state index contributed by atoms with van der Waals surface area (Å²) in [7, 11) is 0. The Bertz CT molecular complexity index is 1510. The zero-order valence-corrected chi connectivity index (χ0v) is 20.2. The molecule has 0 saturated carbocycles. The number of amides is 3. The second kappa shape index (κ2) is 8.22. The topological polar surface area (TPSA) is 99.5 Å². The number of nitrogens with zero attached hydrogens (tertiary/aromatic N) is 2. The number of hydrogen-bond donors (Lipinski definition) is 1. The molecule has 2 bridgehead atoms. The molecule has 4 atom stereocenters. The molecular formula is C29H24FN3O4. The Kier molecular flexibility index (Phi) is 5.18. The molecule has 37 heavy (non-hydrogen) atoms. The fraction of sp³-hybridized carbons (Fsp3) is 0.310. The Hall–Kier alpha value is -4.09. The van der Waals surface area contributed by atoms with Crippen molar-refractivity contribution < 1.29 is 23.5 Å². The molecule has 3 aliphatic heterocycles. The fourth-order valence-electron chi connectivity index (χ4n) is 6.46. The van der Waals surface area contributed by atoms with Gasteiger partial charge in [0.2, 0.25) is 17.7 Å². The van der Waals surface area contributed by atoms with E-state index in [4.69, 9.17) is 4.74 Å². The van der Waals surface area contributed by atoms with Crippen LogP contribution in [0.3, 0.4) is 0 Å². The van der Waals surface area contributed by atoms with Gasteiger partial charge in [-0.25, -0.2) is 9.29 Å². The molecule has 8 heteroatoms. The minimum atomic E-state index is -1.07. The molecule has 3 aromatic rings. The first kappa shape index (κ1) is 23.3. The summed E-state index contributed by atoms with van der Waals surface area (Å²) in [4.78, 5) is 41.9. The van der Waals surface area contributed by atoms with Crippen molar-refractivity contribution in [1.29, 1.82) is 5.26 Å². The predicted octanol–water partition coefficient (Wildman–Crippen LogP) is 3.98. The number of imide groups is 1. The van der Waals surface area contributed by atoms with E-state index in [1.54, 1.807) is 42.5 Å². The van der Waals surface area contributed by atoms with E-state index < -0.39 is 23.0 Å². The molecule has 0 aromatic heterocycles. The van der Waals surface area contributed by atoms with Gasteiger partial charge in [0.05, 0.1) is 46.8 Å². The quantitative estimate of drug-likeness (QED) is 0.538. The average Bonchev–Trinajstić information content (AvgIpc) is 3.47. The summed E-state index contributed by atoms with van der Waals surface area (Å²) in [5.41, 5.74) is -0.261. The maximum Gasteiger partial charge on any atom is 0.240 e. The third-order valence-corrected chi connectivity index (χ3v) is 8.14. The highest BCUT2D eigenvalue weighted by Gasteiger charge is 2.74. The summed E-state index contributed by atoms with van der Waals surface area (Å²) < 4.78 is 19.6. The van der Waals surface area contributed by atoms with E-state index in [0.717, 1.165) is 5.56 Å². The number of rotatable bonds is 5.